The Bertz CT molecular complexity index is 738. The summed E-state index contributed by atoms with van der Waals surface area (Å²) >= 11 is 5.89. The number of nitriles is 1. The number of benzene rings is 2. The molecule has 2 aromatic rings. The molecule has 0 aliphatic heterocycles. The zero-order valence-corrected chi connectivity index (χ0v) is 12.0. The van der Waals surface area contributed by atoms with Crippen LogP contribution >= 0.6 is 11.6 Å². The molecule has 0 aliphatic carbocycles. The van der Waals surface area contributed by atoms with E-state index in [-0.39, 0.29) is 11.3 Å². The molecule has 0 saturated carbocycles. The van der Waals surface area contributed by atoms with Gasteiger partial charge in [0.05, 0.1) is 16.6 Å². The smallest absolute Gasteiger partial charge is 0.293 e. The van der Waals surface area contributed by atoms with Gasteiger partial charge in [-0.05, 0) is 42.3 Å². The lowest BCUT2D eigenvalue weighted by Crippen LogP contribution is -2.04. The molecule has 0 radical (unpaired) electrons. The predicted molar refractivity (Wildman–Crippen MR) is 81.3 cm³/mol. The van der Waals surface area contributed by atoms with Crippen LogP contribution in [0.4, 0.5) is 11.4 Å². The standard InChI is InChI=1S/C15H12ClN3O2/c1-10-6-13(16)4-3-12(10)9-18-14-5-2-11(8-17)7-15(14)19(20)21/h2-7,18H,9H2,1H3. The monoisotopic (exact) mass is 301 g/mol. The number of nitrogens with one attached hydrogen (secondary N) is 1. The number of nitrogens with zero attached hydrogens (tertiary/aromatic N) is 2. The third-order valence-electron chi connectivity index (χ3n) is 3.10. The van der Waals surface area contributed by atoms with Crippen LogP contribution in [0.1, 0.15) is 16.7 Å². The Balaban J connectivity index is 2.24. The minimum absolute atomic E-state index is 0.110. The van der Waals surface area contributed by atoms with Gasteiger partial charge in [-0.2, -0.15) is 5.26 Å². The van der Waals surface area contributed by atoms with Gasteiger partial charge < -0.3 is 5.32 Å². The second-order valence-corrected chi connectivity index (χ2v) is 4.96. The topological polar surface area (TPSA) is 79.0 Å². The minimum Gasteiger partial charge on any atom is -0.375 e. The van der Waals surface area contributed by atoms with E-state index in [0.29, 0.717) is 17.3 Å². The molecule has 0 atom stereocenters. The van der Waals surface area contributed by atoms with Crippen molar-refractivity contribution in [2.24, 2.45) is 0 Å². The Hall–Kier alpha value is -2.58. The van der Waals surface area contributed by atoms with Crippen molar-refractivity contribution in [2.75, 3.05) is 5.32 Å². The Morgan fingerprint density at radius 2 is 2.10 bits per heavy atom. The van der Waals surface area contributed by atoms with Gasteiger partial charge in [0.15, 0.2) is 0 Å². The Kier molecular flexibility index (Phi) is 4.41. The maximum Gasteiger partial charge on any atom is 0.293 e. The van der Waals surface area contributed by atoms with Gasteiger partial charge in [0, 0.05) is 17.6 Å². The highest BCUT2D eigenvalue weighted by Crippen LogP contribution is 2.26. The van der Waals surface area contributed by atoms with Crippen molar-refractivity contribution in [3.05, 3.63) is 68.2 Å². The van der Waals surface area contributed by atoms with Crippen molar-refractivity contribution < 1.29 is 4.92 Å². The second kappa shape index (κ2) is 6.25. The summed E-state index contributed by atoms with van der Waals surface area (Å²) in [5, 5.41) is 23.5. The molecular weight excluding hydrogens is 290 g/mol. The second-order valence-electron chi connectivity index (χ2n) is 4.53. The van der Waals surface area contributed by atoms with Crippen LogP contribution in [0.3, 0.4) is 0 Å². The molecule has 5 nitrogen and oxygen atoms in total. The Morgan fingerprint density at radius 3 is 2.71 bits per heavy atom. The number of nitro benzene ring substituents is 1. The maximum absolute atomic E-state index is 11.1. The highest BCUT2D eigenvalue weighted by atomic mass is 35.5. The van der Waals surface area contributed by atoms with Crippen LogP contribution < -0.4 is 5.32 Å². The molecule has 106 valence electrons. The number of nitro groups is 1. The van der Waals surface area contributed by atoms with Gasteiger partial charge in [0.25, 0.3) is 5.69 Å². The zero-order valence-electron chi connectivity index (χ0n) is 11.3. The number of anilines is 1. The van der Waals surface area contributed by atoms with Crippen LogP contribution in [0.15, 0.2) is 36.4 Å². The van der Waals surface area contributed by atoms with Gasteiger partial charge in [0.2, 0.25) is 0 Å². The van der Waals surface area contributed by atoms with Crippen molar-refractivity contribution in [1.82, 2.24) is 0 Å². The van der Waals surface area contributed by atoms with Gasteiger partial charge >= 0.3 is 0 Å². The van der Waals surface area contributed by atoms with Crippen LogP contribution in [0.25, 0.3) is 0 Å². The number of aryl methyl sites for hydroxylation is 1. The third-order valence-corrected chi connectivity index (χ3v) is 3.33. The number of halogens is 1. The predicted octanol–water partition coefficient (Wildman–Crippen LogP) is 4.04. The third kappa shape index (κ3) is 3.50. The van der Waals surface area contributed by atoms with E-state index in [0.717, 1.165) is 11.1 Å². The van der Waals surface area contributed by atoms with Crippen molar-refractivity contribution in [3.63, 3.8) is 0 Å². The largest absolute Gasteiger partial charge is 0.375 e. The molecule has 0 aromatic heterocycles. The molecule has 0 saturated heterocycles. The summed E-state index contributed by atoms with van der Waals surface area (Å²) in [4.78, 5) is 10.5. The van der Waals surface area contributed by atoms with Gasteiger partial charge in [-0.1, -0.05) is 17.7 Å². The lowest BCUT2D eigenvalue weighted by atomic mass is 10.1. The normalized spacial score (nSPS) is 9.95. The van der Waals surface area contributed by atoms with Crippen LogP contribution in [0, 0.1) is 28.4 Å². The van der Waals surface area contributed by atoms with Crippen LogP contribution in [-0.2, 0) is 6.54 Å². The van der Waals surface area contributed by atoms with Gasteiger partial charge in [-0.3, -0.25) is 10.1 Å². The molecule has 0 bridgehead atoms. The Morgan fingerprint density at radius 1 is 1.33 bits per heavy atom. The first-order valence-corrected chi connectivity index (χ1v) is 6.56. The number of hydrogen-bond donors (Lipinski definition) is 1. The van der Waals surface area contributed by atoms with Crippen LogP contribution in [-0.4, -0.2) is 4.92 Å². The Labute approximate surface area is 126 Å². The summed E-state index contributed by atoms with van der Waals surface area (Å²) in [6.45, 7) is 2.37. The maximum atomic E-state index is 11.1. The molecule has 0 fully saturated rings. The van der Waals surface area contributed by atoms with Crippen molar-refractivity contribution in [2.45, 2.75) is 13.5 Å². The summed E-state index contributed by atoms with van der Waals surface area (Å²) in [6, 6.07) is 11.7. The van der Waals surface area contributed by atoms with E-state index in [1.54, 1.807) is 18.2 Å². The van der Waals surface area contributed by atoms with E-state index >= 15 is 0 Å². The highest BCUT2D eigenvalue weighted by Gasteiger charge is 2.14. The van der Waals surface area contributed by atoms with Crippen molar-refractivity contribution >= 4 is 23.0 Å². The SMILES string of the molecule is Cc1cc(Cl)ccc1CNc1ccc(C#N)cc1[N+](=O)[O-]. The zero-order chi connectivity index (χ0) is 15.4. The quantitative estimate of drug-likeness (QED) is 0.682. The molecule has 0 aliphatic rings. The molecule has 0 spiro atoms. The fraction of sp³-hybridized carbons (Fsp3) is 0.133. The molecule has 2 rings (SSSR count). The minimum atomic E-state index is -0.502. The van der Waals surface area contributed by atoms with Crippen molar-refractivity contribution in [1.29, 1.82) is 5.26 Å². The van der Waals surface area contributed by atoms with Crippen LogP contribution in [0.2, 0.25) is 5.02 Å². The summed E-state index contributed by atoms with van der Waals surface area (Å²) < 4.78 is 0. The molecule has 6 heteroatoms. The number of rotatable bonds is 4. The lowest BCUT2D eigenvalue weighted by Gasteiger charge is -2.10. The van der Waals surface area contributed by atoms with Gasteiger partial charge in [0.1, 0.15) is 5.69 Å². The molecule has 21 heavy (non-hydrogen) atoms. The molecular formula is C15H12ClN3O2. The van der Waals surface area contributed by atoms with E-state index in [1.165, 1.54) is 6.07 Å². The molecule has 0 heterocycles. The summed E-state index contributed by atoms with van der Waals surface area (Å²) in [5.74, 6) is 0. The van der Waals surface area contributed by atoms with Gasteiger partial charge in [-0.15, -0.1) is 0 Å². The molecule has 1 N–H and O–H groups in total. The summed E-state index contributed by atoms with van der Waals surface area (Å²) in [7, 11) is 0. The fourth-order valence-corrected chi connectivity index (χ4v) is 2.18. The van der Waals surface area contributed by atoms with E-state index < -0.39 is 4.92 Å². The average Bonchev–Trinajstić information content (AvgIpc) is 2.46. The van der Waals surface area contributed by atoms with Crippen molar-refractivity contribution in [3.8, 4) is 6.07 Å². The first-order valence-electron chi connectivity index (χ1n) is 6.18. The van der Waals surface area contributed by atoms with E-state index in [1.807, 2.05) is 25.1 Å². The number of hydrogen-bond acceptors (Lipinski definition) is 4. The van der Waals surface area contributed by atoms with E-state index in [4.69, 9.17) is 16.9 Å². The lowest BCUT2D eigenvalue weighted by molar-refractivity contribution is -0.384. The van der Waals surface area contributed by atoms with E-state index in [2.05, 4.69) is 5.32 Å². The summed E-state index contributed by atoms with van der Waals surface area (Å²) in [5.41, 5.74) is 2.54. The molecule has 2 aromatic carbocycles. The van der Waals surface area contributed by atoms with E-state index in [9.17, 15) is 10.1 Å². The van der Waals surface area contributed by atoms with Crippen LogP contribution in [0.5, 0.6) is 0 Å². The molecule has 0 unspecified atom stereocenters. The fourth-order valence-electron chi connectivity index (χ4n) is 1.95. The highest BCUT2D eigenvalue weighted by molar-refractivity contribution is 6.30. The first kappa shape index (κ1) is 14.8. The molecule has 0 amide bonds. The van der Waals surface area contributed by atoms with Gasteiger partial charge in [-0.25, -0.2) is 0 Å². The first-order chi connectivity index (χ1) is 10.0. The summed E-state index contributed by atoms with van der Waals surface area (Å²) in [6.07, 6.45) is 0. The average molecular weight is 302 g/mol.